The van der Waals surface area contributed by atoms with E-state index in [4.69, 9.17) is 14.2 Å². The average molecular weight is 439 g/mol. The Morgan fingerprint density at radius 1 is 1.19 bits per heavy atom. The molecule has 0 bridgehead atoms. The number of ether oxygens (including phenoxy) is 3. The molecule has 0 aliphatic carbocycles. The molecule has 3 aromatic rings. The van der Waals surface area contributed by atoms with Gasteiger partial charge in [-0.15, -0.1) is 0 Å². The van der Waals surface area contributed by atoms with Crippen molar-refractivity contribution in [3.8, 4) is 17.2 Å². The topological polar surface area (TPSA) is 123 Å². The molecular weight excluding hydrogens is 414 g/mol. The summed E-state index contributed by atoms with van der Waals surface area (Å²) in [6.07, 6.45) is -0.708. The van der Waals surface area contributed by atoms with Crippen LogP contribution in [-0.2, 0) is 11.3 Å². The fraction of sp³-hybridized carbons (Fsp3) is 0.261. The van der Waals surface area contributed by atoms with Crippen LogP contribution in [0, 0.1) is 0 Å². The molecule has 168 valence electrons. The largest absolute Gasteiger partial charge is 0.501 e. The van der Waals surface area contributed by atoms with Gasteiger partial charge >= 0.3 is 0 Å². The van der Waals surface area contributed by atoms with Crippen LogP contribution in [-0.4, -0.2) is 34.9 Å². The third-order valence-corrected chi connectivity index (χ3v) is 4.60. The van der Waals surface area contributed by atoms with Crippen LogP contribution in [0.3, 0.4) is 0 Å². The fourth-order valence-electron chi connectivity index (χ4n) is 3.12. The van der Waals surface area contributed by atoms with Crippen molar-refractivity contribution in [1.29, 1.82) is 0 Å². The summed E-state index contributed by atoms with van der Waals surface area (Å²) in [6.45, 7) is 4.30. The van der Waals surface area contributed by atoms with Crippen LogP contribution < -0.4 is 20.3 Å². The molecule has 0 saturated carbocycles. The minimum atomic E-state index is -0.828. The summed E-state index contributed by atoms with van der Waals surface area (Å²) in [7, 11) is 1.46. The lowest BCUT2D eigenvalue weighted by molar-refractivity contribution is 0.0938. The fourth-order valence-corrected chi connectivity index (χ4v) is 3.12. The van der Waals surface area contributed by atoms with E-state index >= 15 is 0 Å². The molecule has 32 heavy (non-hydrogen) atoms. The number of fused-ring (bicyclic) bond motifs is 1. The van der Waals surface area contributed by atoms with E-state index in [1.807, 2.05) is 32.0 Å². The number of nitrogens with one attached hydrogen (secondary N) is 2. The van der Waals surface area contributed by atoms with Gasteiger partial charge in [-0.2, -0.15) is 0 Å². The number of aromatic hydroxyl groups is 1. The Morgan fingerprint density at radius 2 is 1.91 bits per heavy atom. The van der Waals surface area contributed by atoms with E-state index in [0.717, 1.165) is 11.1 Å². The molecular formula is C23H25N3O6. The second-order valence-corrected chi connectivity index (χ2v) is 6.55. The zero-order valence-electron chi connectivity index (χ0n) is 18.0. The summed E-state index contributed by atoms with van der Waals surface area (Å²) >= 11 is 0. The lowest BCUT2D eigenvalue weighted by atomic mass is 10.1. The normalized spacial score (nSPS) is 12.5. The highest BCUT2D eigenvalue weighted by Crippen LogP contribution is 2.32. The van der Waals surface area contributed by atoms with Gasteiger partial charge in [0.05, 0.1) is 0 Å². The Hall–Kier alpha value is -3.85. The molecule has 9 nitrogen and oxygen atoms in total. The van der Waals surface area contributed by atoms with E-state index in [1.165, 1.54) is 7.11 Å². The van der Waals surface area contributed by atoms with Gasteiger partial charge in [0.15, 0.2) is 17.2 Å². The van der Waals surface area contributed by atoms with Crippen LogP contribution in [0.15, 0.2) is 53.3 Å². The van der Waals surface area contributed by atoms with Crippen molar-refractivity contribution in [3.63, 3.8) is 0 Å². The Labute approximate surface area is 185 Å². The van der Waals surface area contributed by atoms with Crippen LogP contribution >= 0.6 is 0 Å². The number of carbonyl (C=O) groups excluding carboxylic acids is 1. The van der Waals surface area contributed by atoms with Crippen LogP contribution in [0.4, 0.5) is 0 Å². The molecule has 2 heterocycles. The van der Waals surface area contributed by atoms with Gasteiger partial charge < -0.3 is 29.6 Å². The average Bonchev–Trinajstić information content (AvgIpc) is 3.30. The van der Waals surface area contributed by atoms with E-state index in [2.05, 4.69) is 15.3 Å². The van der Waals surface area contributed by atoms with Gasteiger partial charge in [-0.05, 0) is 23.3 Å². The Kier molecular flexibility index (Phi) is 7.45. The first kappa shape index (κ1) is 22.8. The number of H-pyrrole nitrogens is 1. The number of carbonyl (C=O) groups is 1. The maximum atomic E-state index is 12.6. The third kappa shape index (κ3) is 4.89. The van der Waals surface area contributed by atoms with Crippen LogP contribution in [0.2, 0.25) is 0 Å². The number of hydrogen-bond acceptors (Lipinski definition) is 7. The van der Waals surface area contributed by atoms with Gasteiger partial charge in [0.2, 0.25) is 12.5 Å². The second-order valence-electron chi connectivity index (χ2n) is 6.55. The molecule has 0 radical (unpaired) electrons. The minimum Gasteiger partial charge on any atom is -0.501 e. The smallest absolute Gasteiger partial charge is 0.294 e. The Bertz CT molecular complexity index is 1130. The van der Waals surface area contributed by atoms with E-state index < -0.39 is 23.3 Å². The maximum absolute atomic E-state index is 12.6. The zero-order valence-corrected chi connectivity index (χ0v) is 18.0. The molecule has 0 fully saturated rings. The van der Waals surface area contributed by atoms with Gasteiger partial charge in [0, 0.05) is 13.7 Å². The molecule has 4 rings (SSSR count). The number of benzene rings is 2. The number of aromatic nitrogens is 2. The predicted octanol–water partition coefficient (Wildman–Crippen LogP) is 2.90. The van der Waals surface area contributed by atoms with E-state index in [-0.39, 0.29) is 24.9 Å². The SMILES string of the molecule is CC.COC(c1ccccc1)c1nc(C(=O)NCc2ccc3c(c2)OCO3)c(O)c(=O)[nH]1. The second kappa shape index (κ2) is 10.5. The standard InChI is InChI=1S/C21H19N3O6.C2H6/c1-28-18(13-5-3-2-4-6-13)19-23-16(17(25)21(27)24-19)20(26)22-10-12-7-8-14-15(9-12)30-11-29-14;1-2/h2-9,18,25H,10-11H2,1H3,(H,22,26)(H,23,24,27);1-2H3. The van der Waals surface area contributed by atoms with Crippen LogP contribution in [0.25, 0.3) is 0 Å². The maximum Gasteiger partial charge on any atom is 0.294 e. The van der Waals surface area contributed by atoms with Gasteiger partial charge in [0.1, 0.15) is 11.9 Å². The molecule has 0 saturated heterocycles. The van der Waals surface area contributed by atoms with Crippen molar-refractivity contribution in [2.24, 2.45) is 0 Å². The van der Waals surface area contributed by atoms with Crippen molar-refractivity contribution in [3.05, 3.63) is 81.5 Å². The van der Waals surface area contributed by atoms with E-state index in [0.29, 0.717) is 11.5 Å². The third-order valence-electron chi connectivity index (χ3n) is 4.60. The number of rotatable bonds is 6. The lowest BCUT2D eigenvalue weighted by Gasteiger charge is -2.16. The molecule has 1 atom stereocenters. The van der Waals surface area contributed by atoms with Crippen LogP contribution in [0.1, 0.15) is 47.4 Å². The number of nitrogens with zero attached hydrogens (tertiary/aromatic N) is 1. The van der Waals surface area contributed by atoms with E-state index in [9.17, 15) is 14.7 Å². The van der Waals surface area contributed by atoms with Crippen LogP contribution in [0.5, 0.6) is 17.2 Å². The van der Waals surface area contributed by atoms with Crippen molar-refractivity contribution >= 4 is 5.91 Å². The molecule has 1 aliphatic heterocycles. The number of aromatic amines is 1. The molecule has 1 aliphatic rings. The molecule has 1 aromatic heterocycles. The highest BCUT2D eigenvalue weighted by molar-refractivity contribution is 5.94. The number of methoxy groups -OCH3 is 1. The first-order valence-corrected chi connectivity index (χ1v) is 10.1. The molecule has 9 heteroatoms. The highest BCUT2D eigenvalue weighted by atomic mass is 16.7. The summed E-state index contributed by atoms with van der Waals surface area (Å²) in [6, 6.07) is 14.4. The molecule has 0 spiro atoms. The first-order valence-electron chi connectivity index (χ1n) is 10.1. The quantitative estimate of drug-likeness (QED) is 0.540. The number of hydrogen-bond donors (Lipinski definition) is 3. The molecule has 1 unspecified atom stereocenters. The van der Waals surface area contributed by atoms with Gasteiger partial charge in [-0.25, -0.2) is 4.98 Å². The van der Waals surface area contributed by atoms with E-state index in [1.54, 1.807) is 30.3 Å². The first-order chi connectivity index (χ1) is 15.6. The monoisotopic (exact) mass is 439 g/mol. The summed E-state index contributed by atoms with van der Waals surface area (Å²) in [5.74, 6) is -0.118. The summed E-state index contributed by atoms with van der Waals surface area (Å²) in [5.41, 5.74) is 0.287. The predicted molar refractivity (Wildman–Crippen MR) is 117 cm³/mol. The van der Waals surface area contributed by atoms with Crippen molar-refractivity contribution < 1.29 is 24.1 Å². The van der Waals surface area contributed by atoms with Gasteiger partial charge in [-0.3, -0.25) is 9.59 Å². The van der Waals surface area contributed by atoms with Gasteiger partial charge in [-0.1, -0.05) is 50.2 Å². The van der Waals surface area contributed by atoms with Crippen molar-refractivity contribution in [2.45, 2.75) is 26.5 Å². The van der Waals surface area contributed by atoms with Crippen molar-refractivity contribution in [2.75, 3.05) is 13.9 Å². The zero-order chi connectivity index (χ0) is 23.1. The summed E-state index contributed by atoms with van der Waals surface area (Å²) in [5, 5.41) is 12.7. The van der Waals surface area contributed by atoms with Gasteiger partial charge in [0.25, 0.3) is 11.5 Å². The molecule has 2 aromatic carbocycles. The molecule has 1 amide bonds. The summed E-state index contributed by atoms with van der Waals surface area (Å²) < 4.78 is 16.0. The number of amides is 1. The lowest BCUT2D eigenvalue weighted by Crippen LogP contribution is -2.28. The highest BCUT2D eigenvalue weighted by Gasteiger charge is 2.23. The minimum absolute atomic E-state index is 0.111. The van der Waals surface area contributed by atoms with Crippen molar-refractivity contribution in [1.82, 2.24) is 15.3 Å². The molecule has 3 N–H and O–H groups in total. The summed E-state index contributed by atoms with van der Waals surface area (Å²) in [4.78, 5) is 31.5. The Balaban J connectivity index is 0.00000141. The Morgan fingerprint density at radius 3 is 2.62 bits per heavy atom.